The van der Waals surface area contributed by atoms with Crippen molar-refractivity contribution < 1.29 is 19.1 Å². The summed E-state index contributed by atoms with van der Waals surface area (Å²) in [5, 5.41) is 5.91. The van der Waals surface area contributed by atoms with Crippen molar-refractivity contribution in [3.8, 4) is 11.5 Å². The number of hydrogen-bond acceptors (Lipinski definition) is 4. The molecule has 0 unspecified atom stereocenters. The maximum Gasteiger partial charge on any atom is 0.222 e. The molecule has 0 atom stereocenters. The fourth-order valence-electron chi connectivity index (χ4n) is 3.61. The van der Waals surface area contributed by atoms with Gasteiger partial charge in [-0.3, -0.25) is 9.59 Å². The van der Waals surface area contributed by atoms with Crippen LogP contribution in [0.25, 0.3) is 0 Å². The molecule has 0 aromatic heterocycles. The Morgan fingerprint density at radius 2 is 1.36 bits per heavy atom. The molecule has 0 aliphatic heterocycles. The third kappa shape index (κ3) is 12.5. The SMILES string of the molecule is CCCCCCCCCOc1ccc(C(NC(=O)CC(C)C)NC(=O)CC(C)C)cc1OC. The van der Waals surface area contributed by atoms with Crippen molar-refractivity contribution in [3.63, 3.8) is 0 Å². The molecule has 2 amide bonds. The minimum Gasteiger partial charge on any atom is -0.493 e. The summed E-state index contributed by atoms with van der Waals surface area (Å²) >= 11 is 0. The fraction of sp³-hybridized carbons (Fsp3) is 0.704. The van der Waals surface area contributed by atoms with E-state index < -0.39 is 6.17 Å². The van der Waals surface area contributed by atoms with Crippen LogP contribution in [0.2, 0.25) is 0 Å². The van der Waals surface area contributed by atoms with Gasteiger partial charge in [0.25, 0.3) is 0 Å². The van der Waals surface area contributed by atoms with Gasteiger partial charge < -0.3 is 20.1 Å². The predicted molar refractivity (Wildman–Crippen MR) is 134 cm³/mol. The summed E-state index contributed by atoms with van der Waals surface area (Å²) in [4.78, 5) is 24.9. The minimum atomic E-state index is -0.617. The Labute approximate surface area is 201 Å². The van der Waals surface area contributed by atoms with Crippen molar-refractivity contribution in [2.24, 2.45) is 11.8 Å². The smallest absolute Gasteiger partial charge is 0.222 e. The zero-order chi connectivity index (χ0) is 24.6. The number of unbranched alkanes of at least 4 members (excludes halogenated alkanes) is 6. The van der Waals surface area contributed by atoms with Gasteiger partial charge in [0, 0.05) is 12.8 Å². The molecule has 1 aromatic carbocycles. The Balaban J connectivity index is 2.79. The van der Waals surface area contributed by atoms with E-state index in [1.807, 2.05) is 45.9 Å². The second-order valence-electron chi connectivity index (χ2n) is 9.64. The largest absolute Gasteiger partial charge is 0.493 e. The number of carbonyl (C=O) groups is 2. The summed E-state index contributed by atoms with van der Waals surface area (Å²) in [5.41, 5.74) is 0.754. The highest BCUT2D eigenvalue weighted by molar-refractivity contribution is 5.79. The molecule has 0 spiro atoms. The Bertz CT molecular complexity index is 679. The lowest BCUT2D eigenvalue weighted by Gasteiger charge is -2.23. The quantitative estimate of drug-likeness (QED) is 0.215. The summed E-state index contributed by atoms with van der Waals surface area (Å²) in [6.07, 6.45) is 8.78. The monoisotopic (exact) mass is 462 g/mol. The molecule has 6 heteroatoms. The second kappa shape index (κ2) is 16.4. The van der Waals surface area contributed by atoms with Gasteiger partial charge in [-0.2, -0.15) is 0 Å². The first kappa shape index (κ1) is 28.8. The van der Waals surface area contributed by atoms with Gasteiger partial charge >= 0.3 is 0 Å². The highest BCUT2D eigenvalue weighted by Gasteiger charge is 2.20. The zero-order valence-electron chi connectivity index (χ0n) is 21.7. The number of amides is 2. The molecule has 188 valence electrons. The van der Waals surface area contributed by atoms with Gasteiger partial charge in [0.15, 0.2) is 11.5 Å². The third-order valence-electron chi connectivity index (χ3n) is 5.32. The van der Waals surface area contributed by atoms with E-state index in [-0.39, 0.29) is 23.7 Å². The van der Waals surface area contributed by atoms with Crippen molar-refractivity contribution >= 4 is 11.8 Å². The highest BCUT2D eigenvalue weighted by Crippen LogP contribution is 2.30. The Morgan fingerprint density at radius 3 is 1.88 bits per heavy atom. The molecule has 33 heavy (non-hydrogen) atoms. The topological polar surface area (TPSA) is 76.7 Å². The van der Waals surface area contributed by atoms with Crippen LogP contribution in [0.5, 0.6) is 11.5 Å². The second-order valence-corrected chi connectivity index (χ2v) is 9.64. The van der Waals surface area contributed by atoms with Crippen LogP contribution >= 0.6 is 0 Å². The van der Waals surface area contributed by atoms with Crippen LogP contribution in [0.3, 0.4) is 0 Å². The minimum absolute atomic E-state index is 0.0990. The summed E-state index contributed by atoms with van der Waals surface area (Å²) in [6.45, 7) is 10.8. The van der Waals surface area contributed by atoms with Crippen LogP contribution < -0.4 is 20.1 Å². The maximum atomic E-state index is 12.4. The van der Waals surface area contributed by atoms with Gasteiger partial charge in [0.1, 0.15) is 6.17 Å². The van der Waals surface area contributed by atoms with Crippen LogP contribution in [-0.2, 0) is 9.59 Å². The van der Waals surface area contributed by atoms with Crippen molar-refractivity contribution in [1.82, 2.24) is 10.6 Å². The van der Waals surface area contributed by atoms with Crippen molar-refractivity contribution in [3.05, 3.63) is 23.8 Å². The van der Waals surface area contributed by atoms with E-state index in [4.69, 9.17) is 9.47 Å². The van der Waals surface area contributed by atoms with Crippen molar-refractivity contribution in [2.45, 2.75) is 98.6 Å². The summed E-state index contributed by atoms with van der Waals surface area (Å²) in [5.74, 6) is 1.53. The van der Waals surface area contributed by atoms with Crippen molar-refractivity contribution in [1.29, 1.82) is 0 Å². The maximum absolute atomic E-state index is 12.4. The average Bonchev–Trinajstić information content (AvgIpc) is 2.74. The molecule has 0 radical (unpaired) electrons. The lowest BCUT2D eigenvalue weighted by Crippen LogP contribution is -2.41. The number of methoxy groups -OCH3 is 1. The van der Waals surface area contributed by atoms with Crippen molar-refractivity contribution in [2.75, 3.05) is 13.7 Å². The number of nitrogens with one attached hydrogen (secondary N) is 2. The Morgan fingerprint density at radius 1 is 0.818 bits per heavy atom. The van der Waals surface area contributed by atoms with Gasteiger partial charge in [-0.05, 0) is 36.0 Å². The van der Waals surface area contributed by atoms with Crippen LogP contribution in [-0.4, -0.2) is 25.5 Å². The molecule has 0 fully saturated rings. The first-order chi connectivity index (χ1) is 15.8. The predicted octanol–water partition coefficient (Wildman–Crippen LogP) is 6.15. The summed E-state index contributed by atoms with van der Waals surface area (Å²) in [6, 6.07) is 5.56. The number of ether oxygens (including phenoxy) is 2. The standard InChI is InChI=1S/C27H46N2O4/c1-7-8-9-10-11-12-13-16-33-23-15-14-22(19-24(23)32-6)27(28-25(30)17-20(2)3)29-26(31)18-21(4)5/h14-15,19-21,27H,7-13,16-18H2,1-6H3,(H,28,30)(H,29,31). The summed E-state index contributed by atoms with van der Waals surface area (Å²) in [7, 11) is 1.60. The lowest BCUT2D eigenvalue weighted by atomic mass is 10.1. The van der Waals surface area contributed by atoms with E-state index in [2.05, 4.69) is 17.6 Å². The van der Waals surface area contributed by atoms with E-state index in [1.165, 1.54) is 32.1 Å². The van der Waals surface area contributed by atoms with E-state index >= 15 is 0 Å². The van der Waals surface area contributed by atoms with Gasteiger partial charge in [-0.25, -0.2) is 0 Å². The van der Waals surface area contributed by atoms with E-state index in [9.17, 15) is 9.59 Å². The first-order valence-electron chi connectivity index (χ1n) is 12.7. The molecule has 2 N–H and O–H groups in total. The average molecular weight is 463 g/mol. The van der Waals surface area contributed by atoms with E-state index in [0.29, 0.717) is 30.9 Å². The molecule has 6 nitrogen and oxygen atoms in total. The Kier molecular flexibility index (Phi) is 14.3. The van der Waals surface area contributed by atoms with E-state index in [1.54, 1.807) is 7.11 Å². The molecule has 0 heterocycles. The molecule has 0 aliphatic carbocycles. The third-order valence-corrected chi connectivity index (χ3v) is 5.32. The first-order valence-corrected chi connectivity index (χ1v) is 12.7. The summed E-state index contributed by atoms with van der Waals surface area (Å²) < 4.78 is 11.5. The zero-order valence-corrected chi connectivity index (χ0v) is 21.7. The van der Waals surface area contributed by atoms with Crippen LogP contribution in [0.15, 0.2) is 18.2 Å². The number of carbonyl (C=O) groups excluding carboxylic acids is 2. The van der Waals surface area contributed by atoms with Gasteiger partial charge in [0.2, 0.25) is 11.8 Å². The normalized spacial score (nSPS) is 11.2. The molecule has 0 bridgehead atoms. The van der Waals surface area contributed by atoms with Crippen LogP contribution in [0, 0.1) is 11.8 Å². The van der Waals surface area contributed by atoms with Crippen LogP contribution in [0.1, 0.15) is 104 Å². The molecule has 0 saturated carbocycles. The number of rotatable bonds is 17. The Hall–Kier alpha value is -2.24. The number of hydrogen-bond donors (Lipinski definition) is 2. The molecule has 1 rings (SSSR count). The molecule has 0 aliphatic rings. The molecular weight excluding hydrogens is 416 g/mol. The van der Waals surface area contributed by atoms with Gasteiger partial charge in [-0.1, -0.05) is 79.2 Å². The van der Waals surface area contributed by atoms with Gasteiger partial charge in [0.05, 0.1) is 13.7 Å². The lowest BCUT2D eigenvalue weighted by molar-refractivity contribution is -0.125. The van der Waals surface area contributed by atoms with Gasteiger partial charge in [-0.15, -0.1) is 0 Å². The highest BCUT2D eigenvalue weighted by atomic mass is 16.5. The number of benzene rings is 1. The molecule has 1 aromatic rings. The molecular formula is C27H46N2O4. The fourth-order valence-corrected chi connectivity index (χ4v) is 3.61. The molecule has 0 saturated heterocycles. The van der Waals surface area contributed by atoms with Crippen LogP contribution in [0.4, 0.5) is 0 Å². The van der Waals surface area contributed by atoms with E-state index in [0.717, 1.165) is 18.4 Å².